The maximum Gasteiger partial charge on any atom is 0.173 e. The second kappa shape index (κ2) is 10.3. The molecular weight excluding hydrogens is 376 g/mol. The van der Waals surface area contributed by atoms with E-state index in [1.807, 2.05) is 31.3 Å². The summed E-state index contributed by atoms with van der Waals surface area (Å²) in [6.07, 6.45) is 10.5. The minimum absolute atomic E-state index is 0.692. The van der Waals surface area contributed by atoms with Gasteiger partial charge in [-0.1, -0.05) is 84.9 Å². The highest BCUT2D eigenvalue weighted by molar-refractivity contribution is 5.87. The average molecular weight is 404 g/mol. The van der Waals surface area contributed by atoms with E-state index in [1.165, 1.54) is 27.8 Å². The Morgan fingerprint density at radius 2 is 1.39 bits per heavy atom. The van der Waals surface area contributed by atoms with Gasteiger partial charge in [-0.3, -0.25) is 4.99 Å². The van der Waals surface area contributed by atoms with Crippen LogP contribution in [-0.4, -0.2) is 6.21 Å². The molecule has 0 saturated heterocycles. The second-order valence-corrected chi connectivity index (χ2v) is 7.54. The molecule has 0 fully saturated rings. The van der Waals surface area contributed by atoms with E-state index in [0.717, 1.165) is 12.1 Å². The molecule has 0 unspecified atom stereocenters. The van der Waals surface area contributed by atoms with Gasteiger partial charge in [-0.2, -0.15) is 0 Å². The van der Waals surface area contributed by atoms with Crippen molar-refractivity contribution in [1.82, 2.24) is 0 Å². The molecule has 31 heavy (non-hydrogen) atoms. The van der Waals surface area contributed by atoms with E-state index in [1.54, 1.807) is 0 Å². The third-order valence-electron chi connectivity index (χ3n) is 5.21. The number of hydrogen-bond donors (Lipinski definition) is 0. The van der Waals surface area contributed by atoms with Gasteiger partial charge in [0.05, 0.1) is 6.54 Å². The number of rotatable bonds is 7. The number of aliphatic imine (C=N–C) groups is 1. The molecule has 0 aliphatic heterocycles. The molecule has 1 aromatic heterocycles. The van der Waals surface area contributed by atoms with Gasteiger partial charge in [-0.15, -0.1) is 0 Å². The fraction of sp³-hybridized carbons (Fsp3) is 0.103. The predicted molar refractivity (Wildman–Crippen MR) is 130 cm³/mol. The van der Waals surface area contributed by atoms with Crippen molar-refractivity contribution >= 4 is 12.3 Å². The minimum Gasteiger partial charge on any atom is -0.288 e. The van der Waals surface area contributed by atoms with Crippen molar-refractivity contribution in [3.8, 4) is 11.1 Å². The summed E-state index contributed by atoms with van der Waals surface area (Å²) in [4.78, 5) is 4.65. The first-order valence-electron chi connectivity index (χ1n) is 10.7. The van der Waals surface area contributed by atoms with E-state index in [2.05, 4.69) is 107 Å². The lowest BCUT2D eigenvalue weighted by Crippen LogP contribution is -2.32. The van der Waals surface area contributed by atoms with Crippen LogP contribution in [0.15, 0.2) is 114 Å². The van der Waals surface area contributed by atoms with Gasteiger partial charge in [-0.05, 0) is 40.8 Å². The maximum atomic E-state index is 4.65. The SMILES string of the molecule is C/C=C\c1cc(-c2cc[n+](Cc3ccccc3)cc2)ccc1/C=N/Cc1ccccc1. The van der Waals surface area contributed by atoms with Crippen molar-refractivity contribution in [3.63, 3.8) is 0 Å². The first kappa shape index (κ1) is 20.5. The zero-order valence-corrected chi connectivity index (χ0v) is 17.9. The van der Waals surface area contributed by atoms with E-state index >= 15 is 0 Å². The molecule has 152 valence electrons. The van der Waals surface area contributed by atoms with E-state index < -0.39 is 0 Å². The number of pyridine rings is 1. The van der Waals surface area contributed by atoms with Gasteiger partial charge < -0.3 is 0 Å². The van der Waals surface area contributed by atoms with Crippen LogP contribution in [0.4, 0.5) is 0 Å². The molecule has 3 aromatic carbocycles. The van der Waals surface area contributed by atoms with Crippen LogP contribution in [0.2, 0.25) is 0 Å². The van der Waals surface area contributed by atoms with Gasteiger partial charge in [0.1, 0.15) is 0 Å². The molecule has 0 N–H and O–H groups in total. The second-order valence-electron chi connectivity index (χ2n) is 7.54. The Balaban J connectivity index is 1.51. The zero-order chi connectivity index (χ0) is 21.3. The maximum absolute atomic E-state index is 4.65. The number of aromatic nitrogens is 1. The molecule has 0 aliphatic carbocycles. The first-order valence-corrected chi connectivity index (χ1v) is 10.7. The Morgan fingerprint density at radius 3 is 2.06 bits per heavy atom. The lowest BCUT2D eigenvalue weighted by molar-refractivity contribution is -0.688. The number of benzene rings is 3. The quantitative estimate of drug-likeness (QED) is 0.253. The Morgan fingerprint density at radius 1 is 0.710 bits per heavy atom. The lowest BCUT2D eigenvalue weighted by atomic mass is 9.99. The molecule has 0 atom stereocenters. The normalized spacial score (nSPS) is 11.4. The molecule has 0 aliphatic rings. The Labute approximate surface area is 184 Å². The van der Waals surface area contributed by atoms with Gasteiger partial charge in [0.15, 0.2) is 18.9 Å². The molecule has 0 radical (unpaired) electrons. The van der Waals surface area contributed by atoms with Crippen LogP contribution in [0.25, 0.3) is 17.2 Å². The largest absolute Gasteiger partial charge is 0.288 e. The van der Waals surface area contributed by atoms with Crippen LogP contribution in [0.1, 0.15) is 29.2 Å². The Bertz CT molecular complexity index is 1160. The van der Waals surface area contributed by atoms with E-state index in [-0.39, 0.29) is 0 Å². The fourth-order valence-electron chi connectivity index (χ4n) is 3.58. The minimum atomic E-state index is 0.692. The Hall–Kier alpha value is -3.78. The zero-order valence-electron chi connectivity index (χ0n) is 17.9. The molecule has 1 heterocycles. The first-order chi connectivity index (χ1) is 15.3. The smallest absolute Gasteiger partial charge is 0.173 e. The highest BCUT2D eigenvalue weighted by Gasteiger charge is 2.06. The number of hydrogen-bond acceptors (Lipinski definition) is 1. The van der Waals surface area contributed by atoms with Crippen LogP contribution in [-0.2, 0) is 13.1 Å². The summed E-state index contributed by atoms with van der Waals surface area (Å²) in [7, 11) is 0. The summed E-state index contributed by atoms with van der Waals surface area (Å²) in [5.74, 6) is 0. The van der Waals surface area contributed by atoms with Crippen molar-refractivity contribution in [2.24, 2.45) is 4.99 Å². The van der Waals surface area contributed by atoms with Gasteiger partial charge in [0.2, 0.25) is 0 Å². The van der Waals surface area contributed by atoms with E-state index in [4.69, 9.17) is 0 Å². The molecule has 4 aromatic rings. The molecule has 0 spiro atoms. The van der Waals surface area contributed by atoms with Crippen LogP contribution in [0, 0.1) is 0 Å². The summed E-state index contributed by atoms with van der Waals surface area (Å²) in [6.45, 7) is 3.62. The Kier molecular flexibility index (Phi) is 6.81. The molecule has 2 nitrogen and oxygen atoms in total. The summed E-state index contributed by atoms with van der Waals surface area (Å²) in [6, 6.07) is 31.8. The summed E-state index contributed by atoms with van der Waals surface area (Å²) in [5.41, 5.74) is 7.25. The summed E-state index contributed by atoms with van der Waals surface area (Å²) >= 11 is 0. The third-order valence-corrected chi connectivity index (χ3v) is 5.21. The van der Waals surface area contributed by atoms with Crippen molar-refractivity contribution in [2.45, 2.75) is 20.0 Å². The third kappa shape index (κ3) is 5.64. The predicted octanol–water partition coefficient (Wildman–Crippen LogP) is 6.34. The fourth-order valence-corrected chi connectivity index (χ4v) is 3.58. The summed E-state index contributed by atoms with van der Waals surface area (Å²) in [5, 5.41) is 0. The van der Waals surface area contributed by atoms with Crippen LogP contribution >= 0.6 is 0 Å². The van der Waals surface area contributed by atoms with Crippen molar-refractivity contribution in [2.75, 3.05) is 0 Å². The van der Waals surface area contributed by atoms with Gasteiger partial charge in [-0.25, -0.2) is 4.57 Å². The van der Waals surface area contributed by atoms with Crippen molar-refractivity contribution in [3.05, 3.63) is 132 Å². The van der Waals surface area contributed by atoms with E-state index in [9.17, 15) is 0 Å². The van der Waals surface area contributed by atoms with Crippen LogP contribution < -0.4 is 4.57 Å². The van der Waals surface area contributed by atoms with Gasteiger partial charge >= 0.3 is 0 Å². The van der Waals surface area contributed by atoms with Crippen molar-refractivity contribution < 1.29 is 4.57 Å². The van der Waals surface area contributed by atoms with Crippen LogP contribution in [0.3, 0.4) is 0 Å². The van der Waals surface area contributed by atoms with Crippen molar-refractivity contribution in [1.29, 1.82) is 0 Å². The summed E-state index contributed by atoms with van der Waals surface area (Å²) < 4.78 is 2.20. The monoisotopic (exact) mass is 403 g/mol. The molecule has 4 rings (SSSR count). The molecule has 0 amide bonds. The highest BCUT2D eigenvalue weighted by Crippen LogP contribution is 2.22. The molecule has 2 heteroatoms. The van der Waals surface area contributed by atoms with E-state index in [0.29, 0.717) is 6.54 Å². The molecular formula is C29H27N2+. The molecule has 0 saturated carbocycles. The number of nitrogens with zero attached hydrogens (tertiary/aromatic N) is 2. The number of allylic oxidation sites excluding steroid dienone is 1. The standard InChI is InChI=1S/C29H27N2/c1-2-9-27-20-28(14-15-29(27)22-30-21-24-10-5-3-6-11-24)26-16-18-31(19-17-26)23-25-12-7-4-8-13-25/h2-20,22H,21,23H2,1H3/q+1/b9-2-,30-22+. The van der Waals surface area contributed by atoms with Gasteiger partial charge in [0, 0.05) is 23.9 Å². The highest BCUT2D eigenvalue weighted by atomic mass is 14.9. The topological polar surface area (TPSA) is 16.2 Å². The average Bonchev–Trinajstić information content (AvgIpc) is 2.82. The molecule has 0 bridgehead atoms. The lowest BCUT2D eigenvalue weighted by Gasteiger charge is -2.07. The van der Waals surface area contributed by atoms with Crippen LogP contribution in [0.5, 0.6) is 0 Å². The van der Waals surface area contributed by atoms with Gasteiger partial charge in [0.25, 0.3) is 0 Å².